The fourth-order valence-electron chi connectivity index (χ4n) is 4.79. The van der Waals surface area contributed by atoms with Gasteiger partial charge in [-0.1, -0.05) is 18.2 Å². The number of carbonyl (C=O) groups excluding carboxylic acids is 1. The fourth-order valence-corrected chi connectivity index (χ4v) is 6.03. The summed E-state index contributed by atoms with van der Waals surface area (Å²) in [5, 5.41) is 0.696. The van der Waals surface area contributed by atoms with Crippen molar-refractivity contribution in [3.63, 3.8) is 0 Å². The molecule has 1 N–H and O–H groups in total. The van der Waals surface area contributed by atoms with E-state index in [-0.39, 0.29) is 22.1 Å². The summed E-state index contributed by atoms with van der Waals surface area (Å²) in [6.45, 7) is 2.92. The van der Waals surface area contributed by atoms with Crippen LogP contribution in [0.25, 0.3) is 10.9 Å². The largest absolute Gasteiger partial charge is 0.336 e. The number of carbonyl (C=O) groups is 1. The highest BCUT2D eigenvalue weighted by Gasteiger charge is 2.29. The quantitative estimate of drug-likeness (QED) is 0.341. The SMILES string of the molecule is CC(c1c(F)ccc(F)c1F)N1CCN(C(=O)c2ccc(NS(=O)(=O)c3cccc4cccnc34)cc2)CC1. The Labute approximate surface area is 223 Å². The van der Waals surface area contributed by atoms with Gasteiger partial charge in [-0.2, -0.15) is 0 Å². The smallest absolute Gasteiger partial charge is 0.264 e. The van der Waals surface area contributed by atoms with E-state index in [1.54, 1.807) is 41.0 Å². The molecule has 0 radical (unpaired) electrons. The molecule has 0 aliphatic carbocycles. The molecule has 1 fully saturated rings. The highest BCUT2D eigenvalue weighted by molar-refractivity contribution is 7.93. The molecule has 202 valence electrons. The van der Waals surface area contributed by atoms with Crippen LogP contribution in [0.3, 0.4) is 0 Å². The molecule has 0 bridgehead atoms. The van der Waals surface area contributed by atoms with Crippen LogP contribution in [0, 0.1) is 17.5 Å². The van der Waals surface area contributed by atoms with Gasteiger partial charge in [0.15, 0.2) is 11.6 Å². The van der Waals surface area contributed by atoms with E-state index in [2.05, 4.69) is 9.71 Å². The number of nitrogens with one attached hydrogen (secondary N) is 1. The van der Waals surface area contributed by atoms with Crippen LogP contribution < -0.4 is 4.72 Å². The van der Waals surface area contributed by atoms with E-state index in [9.17, 15) is 26.4 Å². The van der Waals surface area contributed by atoms with E-state index < -0.39 is 33.5 Å². The van der Waals surface area contributed by atoms with Gasteiger partial charge in [0, 0.05) is 60.6 Å². The molecule has 3 aromatic carbocycles. The Bertz CT molecular complexity index is 1630. The third-order valence-corrected chi connectivity index (χ3v) is 8.33. The molecule has 5 rings (SSSR count). The summed E-state index contributed by atoms with van der Waals surface area (Å²) in [7, 11) is -3.93. The molecule has 1 saturated heterocycles. The van der Waals surface area contributed by atoms with Crippen molar-refractivity contribution in [2.24, 2.45) is 0 Å². The van der Waals surface area contributed by atoms with E-state index in [1.165, 1.54) is 36.5 Å². The normalized spacial score (nSPS) is 15.3. The molecule has 2 heterocycles. The molecule has 11 heteroatoms. The third kappa shape index (κ3) is 5.32. The minimum absolute atomic E-state index is 0.0471. The zero-order valence-electron chi connectivity index (χ0n) is 20.9. The fraction of sp³-hybridized carbons (Fsp3) is 0.214. The molecule has 7 nitrogen and oxygen atoms in total. The van der Waals surface area contributed by atoms with Crippen molar-refractivity contribution in [3.05, 3.63) is 102 Å². The number of hydrogen-bond donors (Lipinski definition) is 1. The zero-order valence-corrected chi connectivity index (χ0v) is 21.8. The summed E-state index contributed by atoms with van der Waals surface area (Å²) in [6.07, 6.45) is 1.53. The number of sulfonamides is 1. The molecular weight excluding hydrogens is 529 g/mol. The maximum Gasteiger partial charge on any atom is 0.264 e. The van der Waals surface area contributed by atoms with Crippen molar-refractivity contribution < 1.29 is 26.4 Å². The second-order valence-electron chi connectivity index (χ2n) is 9.28. The summed E-state index contributed by atoms with van der Waals surface area (Å²) < 4.78 is 70.7. The number of nitrogens with zero attached hydrogens (tertiary/aromatic N) is 3. The first-order valence-corrected chi connectivity index (χ1v) is 13.8. The lowest BCUT2D eigenvalue weighted by Gasteiger charge is -2.38. The van der Waals surface area contributed by atoms with Gasteiger partial charge in [0.25, 0.3) is 15.9 Å². The standard InChI is InChI=1S/C28H25F3N4O3S/c1-18(25-22(29)11-12-23(30)26(25)31)34-14-16-35(17-15-34)28(36)20-7-9-21(10-8-20)33-39(37,38)24-6-2-4-19-5-3-13-32-27(19)24/h2-13,18,33H,14-17H2,1H3. The van der Waals surface area contributed by atoms with Gasteiger partial charge < -0.3 is 4.90 Å². The molecule has 1 aliphatic rings. The zero-order chi connectivity index (χ0) is 27.7. The number of piperazine rings is 1. The minimum Gasteiger partial charge on any atom is -0.336 e. The van der Waals surface area contributed by atoms with Crippen LogP contribution in [0.4, 0.5) is 18.9 Å². The predicted octanol–water partition coefficient (Wildman–Crippen LogP) is 4.97. The summed E-state index contributed by atoms with van der Waals surface area (Å²) in [4.78, 5) is 20.7. The van der Waals surface area contributed by atoms with E-state index in [0.717, 1.165) is 12.1 Å². The van der Waals surface area contributed by atoms with Crippen molar-refractivity contribution >= 4 is 32.5 Å². The number of anilines is 1. The van der Waals surface area contributed by atoms with E-state index in [0.29, 0.717) is 42.6 Å². The number of rotatable bonds is 6. The Balaban J connectivity index is 1.24. The summed E-state index contributed by atoms with van der Waals surface area (Å²) in [6, 6.07) is 15.5. The molecule has 1 atom stereocenters. The van der Waals surface area contributed by atoms with E-state index in [4.69, 9.17) is 0 Å². The van der Waals surface area contributed by atoms with Crippen molar-refractivity contribution in [1.82, 2.24) is 14.8 Å². The topological polar surface area (TPSA) is 82.6 Å². The van der Waals surface area contributed by atoms with Crippen molar-refractivity contribution in [2.75, 3.05) is 30.9 Å². The number of amides is 1. The van der Waals surface area contributed by atoms with Crippen LogP contribution >= 0.6 is 0 Å². The highest BCUT2D eigenvalue weighted by atomic mass is 32.2. The van der Waals surface area contributed by atoms with Gasteiger partial charge in [-0.05, 0) is 55.5 Å². The van der Waals surface area contributed by atoms with Crippen LogP contribution in [0.15, 0.2) is 77.8 Å². The number of hydrogen-bond acceptors (Lipinski definition) is 5. The molecule has 1 amide bonds. The second-order valence-corrected chi connectivity index (χ2v) is 10.9. The highest BCUT2D eigenvalue weighted by Crippen LogP contribution is 2.29. The number of benzene rings is 3. The van der Waals surface area contributed by atoms with Crippen LogP contribution in [0.5, 0.6) is 0 Å². The Morgan fingerprint density at radius 3 is 2.28 bits per heavy atom. The lowest BCUT2D eigenvalue weighted by Crippen LogP contribution is -2.49. The molecule has 39 heavy (non-hydrogen) atoms. The first-order valence-electron chi connectivity index (χ1n) is 12.3. The van der Waals surface area contributed by atoms with Gasteiger partial charge in [0.2, 0.25) is 0 Å². The Morgan fingerprint density at radius 2 is 1.56 bits per heavy atom. The average Bonchev–Trinajstić information content (AvgIpc) is 2.95. The summed E-state index contributed by atoms with van der Waals surface area (Å²) in [5.74, 6) is -3.37. The molecule has 0 saturated carbocycles. The Hall–Kier alpha value is -3.96. The molecule has 1 aliphatic heterocycles. The Kier molecular flexibility index (Phi) is 7.28. The predicted molar refractivity (Wildman–Crippen MR) is 141 cm³/mol. The summed E-state index contributed by atoms with van der Waals surface area (Å²) in [5.41, 5.74) is 0.688. The van der Waals surface area contributed by atoms with Crippen molar-refractivity contribution in [2.45, 2.75) is 17.9 Å². The number of para-hydroxylation sites is 1. The first kappa shape index (κ1) is 26.6. The van der Waals surface area contributed by atoms with Gasteiger partial charge in [0.05, 0.1) is 5.52 Å². The number of pyridine rings is 1. The number of fused-ring (bicyclic) bond motifs is 1. The molecule has 0 spiro atoms. The van der Waals surface area contributed by atoms with Crippen molar-refractivity contribution in [3.8, 4) is 0 Å². The van der Waals surface area contributed by atoms with Crippen LogP contribution in [-0.4, -0.2) is 55.3 Å². The number of halogens is 3. The molecule has 1 aromatic heterocycles. The summed E-state index contributed by atoms with van der Waals surface area (Å²) >= 11 is 0. The monoisotopic (exact) mass is 554 g/mol. The van der Waals surface area contributed by atoms with Crippen LogP contribution in [-0.2, 0) is 10.0 Å². The molecule has 4 aromatic rings. The van der Waals surface area contributed by atoms with Gasteiger partial charge in [0.1, 0.15) is 10.7 Å². The van der Waals surface area contributed by atoms with Crippen molar-refractivity contribution in [1.29, 1.82) is 0 Å². The van der Waals surface area contributed by atoms with Crippen LogP contribution in [0.1, 0.15) is 28.9 Å². The van der Waals surface area contributed by atoms with Gasteiger partial charge in [-0.3, -0.25) is 19.4 Å². The van der Waals surface area contributed by atoms with E-state index >= 15 is 0 Å². The van der Waals surface area contributed by atoms with E-state index in [1.807, 2.05) is 0 Å². The average molecular weight is 555 g/mol. The maximum atomic E-state index is 14.2. The van der Waals surface area contributed by atoms with Gasteiger partial charge >= 0.3 is 0 Å². The Morgan fingerprint density at radius 1 is 0.897 bits per heavy atom. The molecular formula is C28H25F3N4O3S. The lowest BCUT2D eigenvalue weighted by molar-refractivity contribution is 0.0575. The van der Waals surface area contributed by atoms with Crippen LogP contribution in [0.2, 0.25) is 0 Å². The first-order chi connectivity index (χ1) is 18.7. The number of aromatic nitrogens is 1. The van der Waals surface area contributed by atoms with Gasteiger partial charge in [-0.25, -0.2) is 21.6 Å². The third-order valence-electron chi connectivity index (χ3n) is 6.92. The second kappa shape index (κ2) is 10.7. The maximum absolute atomic E-state index is 14.2. The molecule has 1 unspecified atom stereocenters. The van der Waals surface area contributed by atoms with Gasteiger partial charge in [-0.15, -0.1) is 0 Å². The lowest BCUT2D eigenvalue weighted by atomic mass is 10.0. The minimum atomic E-state index is -3.93.